The van der Waals surface area contributed by atoms with Crippen molar-refractivity contribution < 1.29 is 9.18 Å². The van der Waals surface area contributed by atoms with Crippen molar-refractivity contribution in [1.29, 1.82) is 0 Å². The van der Waals surface area contributed by atoms with Gasteiger partial charge < -0.3 is 15.6 Å². The highest BCUT2D eigenvalue weighted by atomic mass is 19.1. The number of carbonyl (C=O) groups excluding carboxylic acids is 1. The van der Waals surface area contributed by atoms with Crippen LogP contribution in [0.4, 0.5) is 20.6 Å². The molecule has 0 spiro atoms. The van der Waals surface area contributed by atoms with E-state index in [1.54, 1.807) is 30.6 Å². The van der Waals surface area contributed by atoms with Crippen molar-refractivity contribution >= 4 is 28.4 Å². The quantitative estimate of drug-likeness (QED) is 0.668. The van der Waals surface area contributed by atoms with Crippen molar-refractivity contribution in [3.8, 4) is 0 Å². The van der Waals surface area contributed by atoms with Gasteiger partial charge in [0.25, 0.3) is 0 Å². The lowest BCUT2D eigenvalue weighted by Crippen LogP contribution is -2.19. The Morgan fingerprint density at radius 2 is 1.90 bits per heavy atom. The Morgan fingerprint density at radius 3 is 2.70 bits per heavy atom. The molecule has 2 amide bonds. The fraction of sp³-hybridized carbons (Fsp3) is 0. The van der Waals surface area contributed by atoms with E-state index in [1.165, 1.54) is 18.2 Å². The fourth-order valence-corrected chi connectivity index (χ4v) is 1.87. The molecule has 3 aromatic rings. The van der Waals surface area contributed by atoms with Gasteiger partial charge in [-0.1, -0.05) is 6.07 Å². The van der Waals surface area contributed by atoms with Crippen molar-refractivity contribution in [1.82, 2.24) is 9.97 Å². The Kier molecular flexibility index (Phi) is 3.04. The van der Waals surface area contributed by atoms with Gasteiger partial charge in [-0.15, -0.1) is 0 Å². The summed E-state index contributed by atoms with van der Waals surface area (Å²) in [5.41, 5.74) is 2.66. The van der Waals surface area contributed by atoms with Crippen molar-refractivity contribution in [2.75, 3.05) is 10.6 Å². The highest BCUT2D eigenvalue weighted by Crippen LogP contribution is 2.16. The van der Waals surface area contributed by atoms with E-state index in [9.17, 15) is 9.18 Å². The van der Waals surface area contributed by atoms with Crippen LogP contribution in [0.1, 0.15) is 0 Å². The van der Waals surface area contributed by atoms with E-state index in [-0.39, 0.29) is 0 Å². The Morgan fingerprint density at radius 1 is 1.10 bits per heavy atom. The predicted octanol–water partition coefficient (Wildman–Crippen LogP) is 3.35. The van der Waals surface area contributed by atoms with Crippen LogP contribution in [0.5, 0.6) is 0 Å². The van der Waals surface area contributed by atoms with Gasteiger partial charge in [0.05, 0.1) is 17.4 Å². The number of imidazole rings is 1. The molecule has 0 unspecified atom stereocenters. The van der Waals surface area contributed by atoms with Crippen molar-refractivity contribution in [3.63, 3.8) is 0 Å². The van der Waals surface area contributed by atoms with Gasteiger partial charge >= 0.3 is 6.03 Å². The van der Waals surface area contributed by atoms with Gasteiger partial charge in [0.1, 0.15) is 5.82 Å². The number of nitrogens with zero attached hydrogens (tertiary/aromatic N) is 1. The minimum atomic E-state index is -0.436. The Bertz CT molecular complexity index is 768. The zero-order chi connectivity index (χ0) is 13.9. The van der Waals surface area contributed by atoms with Crippen LogP contribution in [0.25, 0.3) is 11.0 Å². The number of amides is 2. The van der Waals surface area contributed by atoms with Crippen LogP contribution < -0.4 is 10.6 Å². The standard InChI is InChI=1S/C14H11FN4O/c15-9-2-1-3-10(6-9)18-14(20)19-11-4-5-12-13(7-11)17-8-16-12/h1-8H,(H,16,17)(H2,18,19,20). The Balaban J connectivity index is 1.72. The van der Waals surface area contributed by atoms with Gasteiger partial charge in [-0.25, -0.2) is 14.2 Å². The van der Waals surface area contributed by atoms with Gasteiger partial charge in [0.2, 0.25) is 0 Å². The molecule has 0 aliphatic rings. The molecule has 1 heterocycles. The smallest absolute Gasteiger partial charge is 0.323 e. The second-order valence-electron chi connectivity index (χ2n) is 4.22. The molecule has 6 heteroatoms. The highest BCUT2D eigenvalue weighted by molar-refractivity contribution is 6.00. The van der Waals surface area contributed by atoms with Crippen LogP contribution >= 0.6 is 0 Å². The summed E-state index contributed by atoms with van der Waals surface area (Å²) in [5, 5.41) is 5.23. The molecular weight excluding hydrogens is 259 g/mol. The molecule has 3 N–H and O–H groups in total. The maximum absolute atomic E-state index is 13.0. The number of halogens is 1. The number of aromatic nitrogens is 2. The number of rotatable bonds is 2. The third-order valence-corrected chi connectivity index (χ3v) is 2.76. The number of aromatic amines is 1. The summed E-state index contributed by atoms with van der Waals surface area (Å²) < 4.78 is 13.0. The lowest BCUT2D eigenvalue weighted by Gasteiger charge is -2.07. The third-order valence-electron chi connectivity index (χ3n) is 2.76. The van der Waals surface area contributed by atoms with Crippen LogP contribution in [0.15, 0.2) is 48.8 Å². The summed E-state index contributed by atoms with van der Waals surface area (Å²) in [6.45, 7) is 0. The lowest BCUT2D eigenvalue weighted by molar-refractivity contribution is 0.262. The van der Waals surface area contributed by atoms with Crippen molar-refractivity contribution in [2.24, 2.45) is 0 Å². The monoisotopic (exact) mass is 270 g/mol. The van der Waals surface area contributed by atoms with Crippen molar-refractivity contribution in [3.05, 3.63) is 54.6 Å². The number of H-pyrrole nitrogens is 1. The van der Waals surface area contributed by atoms with Crippen molar-refractivity contribution in [2.45, 2.75) is 0 Å². The lowest BCUT2D eigenvalue weighted by atomic mass is 10.3. The van der Waals surface area contributed by atoms with Gasteiger partial charge in [-0.05, 0) is 36.4 Å². The maximum atomic E-state index is 13.0. The average molecular weight is 270 g/mol. The number of hydrogen-bond acceptors (Lipinski definition) is 2. The van der Waals surface area contributed by atoms with E-state index in [0.717, 1.165) is 11.0 Å². The normalized spacial score (nSPS) is 10.4. The van der Waals surface area contributed by atoms with E-state index in [2.05, 4.69) is 20.6 Å². The number of fused-ring (bicyclic) bond motifs is 1. The zero-order valence-corrected chi connectivity index (χ0v) is 10.4. The van der Waals surface area contributed by atoms with Crippen LogP contribution in [-0.2, 0) is 0 Å². The topological polar surface area (TPSA) is 69.8 Å². The second-order valence-corrected chi connectivity index (χ2v) is 4.22. The van der Waals surface area contributed by atoms with Crippen LogP contribution in [-0.4, -0.2) is 16.0 Å². The van der Waals surface area contributed by atoms with E-state index < -0.39 is 11.8 Å². The Labute approximate surface area is 113 Å². The van der Waals surface area contributed by atoms with Crippen LogP contribution in [0.3, 0.4) is 0 Å². The molecule has 100 valence electrons. The molecule has 3 rings (SSSR count). The van der Waals surface area contributed by atoms with Gasteiger partial charge in [-0.2, -0.15) is 0 Å². The first-order chi connectivity index (χ1) is 9.70. The molecule has 0 aliphatic carbocycles. The molecule has 0 saturated carbocycles. The largest absolute Gasteiger partial charge is 0.345 e. The predicted molar refractivity (Wildman–Crippen MR) is 75.1 cm³/mol. The minimum absolute atomic E-state index is 0.394. The zero-order valence-electron chi connectivity index (χ0n) is 10.4. The summed E-state index contributed by atoms with van der Waals surface area (Å²) in [6.07, 6.45) is 1.58. The molecule has 20 heavy (non-hydrogen) atoms. The molecule has 0 radical (unpaired) electrons. The summed E-state index contributed by atoms with van der Waals surface area (Å²) in [7, 11) is 0. The van der Waals surface area contributed by atoms with Gasteiger partial charge in [-0.3, -0.25) is 0 Å². The Hall–Kier alpha value is -2.89. The van der Waals surface area contributed by atoms with Crippen LogP contribution in [0.2, 0.25) is 0 Å². The second kappa shape index (κ2) is 5.00. The van der Waals surface area contributed by atoms with E-state index >= 15 is 0 Å². The molecule has 2 aromatic carbocycles. The third kappa shape index (κ3) is 2.59. The first-order valence-electron chi connectivity index (χ1n) is 5.97. The molecule has 0 fully saturated rings. The first-order valence-corrected chi connectivity index (χ1v) is 5.97. The molecule has 5 nitrogen and oxygen atoms in total. The number of urea groups is 1. The molecular formula is C14H11FN4O. The van der Waals surface area contributed by atoms with E-state index in [0.29, 0.717) is 11.4 Å². The molecule has 0 saturated heterocycles. The number of carbonyl (C=O) groups is 1. The van der Waals surface area contributed by atoms with E-state index in [4.69, 9.17) is 0 Å². The molecule has 1 aromatic heterocycles. The fourth-order valence-electron chi connectivity index (χ4n) is 1.87. The SMILES string of the molecule is O=C(Nc1cccc(F)c1)Nc1ccc2nc[nH]c2c1. The summed E-state index contributed by atoms with van der Waals surface area (Å²) >= 11 is 0. The van der Waals surface area contributed by atoms with Gasteiger partial charge in [0.15, 0.2) is 0 Å². The summed E-state index contributed by atoms with van der Waals surface area (Å²) in [5.74, 6) is -0.401. The van der Waals surface area contributed by atoms with Gasteiger partial charge in [0, 0.05) is 11.4 Å². The summed E-state index contributed by atoms with van der Waals surface area (Å²) in [6, 6.07) is 10.6. The van der Waals surface area contributed by atoms with E-state index in [1.807, 2.05) is 0 Å². The maximum Gasteiger partial charge on any atom is 0.323 e. The minimum Gasteiger partial charge on any atom is -0.345 e. The highest BCUT2D eigenvalue weighted by Gasteiger charge is 2.04. The first kappa shape index (κ1) is 12.2. The molecule has 0 aliphatic heterocycles. The summed E-state index contributed by atoms with van der Waals surface area (Å²) in [4.78, 5) is 18.8. The molecule has 0 atom stereocenters. The molecule has 0 bridgehead atoms. The number of anilines is 2. The number of hydrogen-bond donors (Lipinski definition) is 3. The number of nitrogens with one attached hydrogen (secondary N) is 3. The van der Waals surface area contributed by atoms with Crippen LogP contribution in [0, 0.1) is 5.82 Å². The average Bonchev–Trinajstić information content (AvgIpc) is 2.86. The number of benzene rings is 2.